The molecule has 2 amide bonds. The zero-order chi connectivity index (χ0) is 18.7. The average molecular weight is 373 g/mol. The third-order valence-corrected chi connectivity index (χ3v) is 3.82. The van der Waals surface area contributed by atoms with Gasteiger partial charge in [-0.1, -0.05) is 17.7 Å². The molecule has 0 unspecified atom stereocenters. The number of carbonyl (C=O) groups excluding carboxylic acids is 1. The summed E-state index contributed by atoms with van der Waals surface area (Å²) in [6.45, 7) is 1.70. The summed E-state index contributed by atoms with van der Waals surface area (Å²) in [5.74, 6) is -0.406. The molecule has 0 bridgehead atoms. The van der Waals surface area contributed by atoms with Gasteiger partial charge in [0.1, 0.15) is 5.82 Å². The summed E-state index contributed by atoms with van der Waals surface area (Å²) < 4.78 is 14.2. The average Bonchev–Trinajstić information content (AvgIpc) is 2.89. The molecule has 2 aromatic carbocycles. The number of hydrogen-bond acceptors (Lipinski definition) is 2. The first-order valence-corrected chi connectivity index (χ1v) is 8.00. The highest BCUT2D eigenvalue weighted by molar-refractivity contribution is 6.30. The summed E-state index contributed by atoms with van der Waals surface area (Å²) in [6.07, 6.45) is 1.19. The lowest BCUT2D eigenvalue weighted by Crippen LogP contribution is -2.17. The maximum atomic E-state index is 12.9. The van der Waals surface area contributed by atoms with Gasteiger partial charge in [0.25, 0.3) is 5.56 Å². The number of rotatable bonds is 3. The number of halogens is 2. The number of benzene rings is 2. The number of carbonyl (C=O) groups is 1. The van der Waals surface area contributed by atoms with Crippen LogP contribution in [0.2, 0.25) is 5.02 Å². The van der Waals surface area contributed by atoms with Crippen molar-refractivity contribution in [2.24, 2.45) is 4.99 Å². The molecule has 0 radical (unpaired) electrons. The lowest BCUT2D eigenvalue weighted by molar-refractivity contribution is 0.259. The Morgan fingerprint density at radius 1 is 1.27 bits per heavy atom. The Bertz CT molecular complexity index is 1040. The molecule has 1 heterocycles. The number of aryl methyl sites for hydroxylation is 1. The second kappa shape index (κ2) is 7.37. The molecule has 8 heteroatoms. The van der Waals surface area contributed by atoms with E-state index in [1.165, 1.54) is 35.2 Å². The van der Waals surface area contributed by atoms with E-state index in [1.807, 2.05) is 0 Å². The SMILES string of the molecule is Cc1[nH]n(-c2cccc(Cl)c2)c(=O)c1/C=N/C(=O)Nc1ccc(F)cc1. The number of nitrogens with one attached hydrogen (secondary N) is 2. The van der Waals surface area contributed by atoms with Gasteiger partial charge >= 0.3 is 6.03 Å². The number of hydrogen-bond donors (Lipinski definition) is 2. The van der Waals surface area contributed by atoms with Gasteiger partial charge in [-0.05, 0) is 49.4 Å². The Morgan fingerprint density at radius 3 is 2.69 bits per heavy atom. The van der Waals surface area contributed by atoms with Crippen molar-refractivity contribution < 1.29 is 9.18 Å². The van der Waals surface area contributed by atoms with E-state index in [1.54, 1.807) is 31.2 Å². The van der Waals surface area contributed by atoms with Crippen molar-refractivity contribution in [1.82, 2.24) is 9.78 Å². The molecule has 6 nitrogen and oxygen atoms in total. The molecule has 0 spiro atoms. The number of anilines is 1. The largest absolute Gasteiger partial charge is 0.345 e. The van der Waals surface area contributed by atoms with Crippen LogP contribution in [0, 0.1) is 12.7 Å². The topological polar surface area (TPSA) is 79.2 Å². The molecule has 3 rings (SSSR count). The first-order valence-electron chi connectivity index (χ1n) is 7.62. The predicted molar refractivity (Wildman–Crippen MR) is 99.1 cm³/mol. The highest BCUT2D eigenvalue weighted by Crippen LogP contribution is 2.13. The second-order valence-electron chi connectivity index (χ2n) is 5.47. The number of aromatic amines is 1. The molecule has 26 heavy (non-hydrogen) atoms. The van der Waals surface area contributed by atoms with Crippen LogP contribution in [0.1, 0.15) is 11.3 Å². The van der Waals surface area contributed by atoms with Gasteiger partial charge < -0.3 is 5.32 Å². The van der Waals surface area contributed by atoms with Crippen LogP contribution < -0.4 is 10.9 Å². The highest BCUT2D eigenvalue weighted by atomic mass is 35.5. The van der Waals surface area contributed by atoms with E-state index < -0.39 is 11.8 Å². The molecule has 0 aliphatic carbocycles. The van der Waals surface area contributed by atoms with Crippen LogP contribution in [-0.4, -0.2) is 22.0 Å². The summed E-state index contributed by atoms with van der Waals surface area (Å²) in [7, 11) is 0. The molecule has 2 N–H and O–H groups in total. The molecular weight excluding hydrogens is 359 g/mol. The van der Waals surface area contributed by atoms with Crippen LogP contribution in [0.25, 0.3) is 5.69 Å². The number of urea groups is 1. The van der Waals surface area contributed by atoms with E-state index >= 15 is 0 Å². The van der Waals surface area contributed by atoms with Crippen molar-refractivity contribution in [2.75, 3.05) is 5.32 Å². The van der Waals surface area contributed by atoms with Crippen LogP contribution in [0.5, 0.6) is 0 Å². The zero-order valence-electron chi connectivity index (χ0n) is 13.7. The summed E-state index contributed by atoms with van der Waals surface area (Å²) in [5.41, 5.74) is 1.41. The van der Waals surface area contributed by atoms with Crippen molar-refractivity contribution in [3.63, 3.8) is 0 Å². The van der Waals surface area contributed by atoms with Gasteiger partial charge in [0, 0.05) is 22.6 Å². The number of aromatic nitrogens is 2. The molecule has 0 aliphatic heterocycles. The summed E-state index contributed by atoms with van der Waals surface area (Å²) in [4.78, 5) is 28.1. The summed E-state index contributed by atoms with van der Waals surface area (Å²) in [5, 5.41) is 5.90. The van der Waals surface area contributed by atoms with Gasteiger partial charge in [-0.2, -0.15) is 0 Å². The van der Waals surface area contributed by atoms with Gasteiger partial charge in [0.05, 0.1) is 11.3 Å². The maximum Gasteiger partial charge on any atom is 0.345 e. The fourth-order valence-electron chi connectivity index (χ4n) is 2.32. The van der Waals surface area contributed by atoms with Crippen LogP contribution in [-0.2, 0) is 0 Å². The minimum absolute atomic E-state index is 0.249. The van der Waals surface area contributed by atoms with Crippen molar-refractivity contribution in [1.29, 1.82) is 0 Å². The number of amides is 2. The Morgan fingerprint density at radius 2 is 2.00 bits per heavy atom. The third kappa shape index (κ3) is 3.89. The van der Waals surface area contributed by atoms with Crippen LogP contribution in [0.4, 0.5) is 14.9 Å². The molecule has 0 aliphatic rings. The van der Waals surface area contributed by atoms with Gasteiger partial charge in [0.2, 0.25) is 0 Å². The Hall–Kier alpha value is -3.19. The maximum absolute atomic E-state index is 12.9. The monoisotopic (exact) mass is 372 g/mol. The van der Waals surface area contributed by atoms with Crippen molar-refractivity contribution in [3.8, 4) is 5.69 Å². The second-order valence-corrected chi connectivity index (χ2v) is 5.90. The fraction of sp³-hybridized carbons (Fsp3) is 0.0556. The Kier molecular flexibility index (Phi) is 4.99. The van der Waals surface area contributed by atoms with Crippen LogP contribution >= 0.6 is 11.6 Å². The van der Waals surface area contributed by atoms with Crippen LogP contribution in [0.15, 0.2) is 58.3 Å². The lowest BCUT2D eigenvalue weighted by atomic mass is 10.3. The Balaban J connectivity index is 1.81. The molecule has 3 aromatic rings. The molecule has 0 saturated heterocycles. The third-order valence-electron chi connectivity index (χ3n) is 3.59. The zero-order valence-corrected chi connectivity index (χ0v) is 14.4. The van der Waals surface area contributed by atoms with E-state index in [-0.39, 0.29) is 11.1 Å². The minimum Gasteiger partial charge on any atom is -0.306 e. The number of H-pyrrole nitrogens is 1. The van der Waals surface area contributed by atoms with E-state index in [0.29, 0.717) is 22.1 Å². The molecular formula is C18H14ClFN4O2. The Labute approximate surface area is 152 Å². The van der Waals surface area contributed by atoms with E-state index in [9.17, 15) is 14.0 Å². The van der Waals surface area contributed by atoms with E-state index in [4.69, 9.17) is 11.6 Å². The van der Waals surface area contributed by atoms with Gasteiger partial charge in [0.15, 0.2) is 0 Å². The van der Waals surface area contributed by atoms with E-state index in [0.717, 1.165) is 0 Å². The minimum atomic E-state index is -0.675. The van der Waals surface area contributed by atoms with E-state index in [2.05, 4.69) is 15.4 Å². The molecule has 0 saturated carbocycles. The van der Waals surface area contributed by atoms with Gasteiger partial charge in [-0.15, -0.1) is 0 Å². The predicted octanol–water partition coefficient (Wildman–Crippen LogP) is 3.92. The molecule has 132 valence electrons. The molecule has 0 atom stereocenters. The molecule has 1 aromatic heterocycles. The fourth-order valence-corrected chi connectivity index (χ4v) is 2.51. The first-order chi connectivity index (χ1) is 12.4. The van der Waals surface area contributed by atoms with Gasteiger partial charge in [-0.3, -0.25) is 9.89 Å². The smallest absolute Gasteiger partial charge is 0.306 e. The van der Waals surface area contributed by atoms with Crippen molar-refractivity contribution in [2.45, 2.75) is 6.92 Å². The summed E-state index contributed by atoms with van der Waals surface area (Å²) >= 11 is 5.95. The first kappa shape index (κ1) is 17.6. The highest BCUT2D eigenvalue weighted by Gasteiger charge is 2.11. The lowest BCUT2D eigenvalue weighted by Gasteiger charge is -2.01. The number of nitrogens with zero attached hydrogens (tertiary/aromatic N) is 2. The summed E-state index contributed by atoms with van der Waals surface area (Å²) in [6, 6.07) is 11.4. The van der Waals surface area contributed by atoms with Crippen molar-refractivity contribution in [3.05, 3.63) is 81.0 Å². The van der Waals surface area contributed by atoms with Crippen molar-refractivity contribution >= 4 is 29.5 Å². The van der Waals surface area contributed by atoms with Crippen LogP contribution in [0.3, 0.4) is 0 Å². The molecule has 0 fully saturated rings. The van der Waals surface area contributed by atoms with Gasteiger partial charge in [-0.25, -0.2) is 18.9 Å². The quantitative estimate of drug-likeness (QED) is 0.683. The normalized spacial score (nSPS) is 11.0. The number of aliphatic imine (C=N–C) groups is 1. The standard InChI is InChI=1S/C18H14ClFN4O2/c1-11-16(10-21-18(26)22-14-7-5-13(20)6-8-14)17(25)24(23-11)15-4-2-3-12(19)9-15/h2-10,23H,1H3,(H,22,26)/b21-10+.